The molecule has 4 N–H and O–H groups in total. The number of aryl methyl sites for hydroxylation is 3. The second-order valence-corrected chi connectivity index (χ2v) is 20.3. The number of fused-ring (bicyclic) bond motifs is 3. The number of ether oxygens (including phenoxy) is 1. The van der Waals surface area contributed by atoms with Gasteiger partial charge in [0.15, 0.2) is 12.4 Å². The SMILES string of the molecule is Cc1ncsc1-c1ccc([C@H](C)NC(=O)[C@@H]2C[C@@H](O)CN2C(=O)[C@@H](NC(=O)COc2cccc(-c3ccc(C4=N[C@@H](CC(=O)O)c5nnc(C)n5-c5sc(C)c(C)c54)cc3)c2)C(C)(C)C)cc1. The molecule has 2 aliphatic rings. The van der Waals surface area contributed by atoms with Crippen LogP contribution in [0.2, 0.25) is 0 Å². The van der Waals surface area contributed by atoms with Crippen molar-refractivity contribution < 1.29 is 34.1 Å². The molecule has 8 rings (SSSR count). The number of nitrogens with zero attached hydrogens (tertiary/aromatic N) is 6. The number of carbonyl (C=O) groups excluding carboxylic acids is 3. The van der Waals surface area contributed by atoms with E-state index < -0.39 is 47.4 Å². The van der Waals surface area contributed by atoms with Crippen LogP contribution < -0.4 is 15.4 Å². The summed E-state index contributed by atoms with van der Waals surface area (Å²) in [6.45, 7) is 14.9. The summed E-state index contributed by atoms with van der Waals surface area (Å²) in [6.07, 6.45) is -1.07. The average molecular weight is 943 g/mol. The van der Waals surface area contributed by atoms with Gasteiger partial charge in [-0.05, 0) is 80.0 Å². The molecule has 5 atom stereocenters. The van der Waals surface area contributed by atoms with Gasteiger partial charge in [-0.1, -0.05) is 81.4 Å². The Kier molecular flexibility index (Phi) is 13.3. The minimum absolute atomic E-state index is 0.0437. The van der Waals surface area contributed by atoms with E-state index in [2.05, 4.69) is 32.7 Å². The first-order valence-electron chi connectivity index (χ1n) is 22.1. The number of rotatable bonds is 13. The summed E-state index contributed by atoms with van der Waals surface area (Å²) in [5.41, 5.74) is 9.13. The fourth-order valence-corrected chi connectivity index (χ4v) is 10.7. The number of carboxylic acid groups (broad SMARTS) is 1. The standard InChI is InChI=1S/C50H54N8O7S2/c1-26-29(4)67-49-42(26)43(53-38(22-41(61)62)46-56-55-30(5)58(46)49)33-16-14-32(15-17-33)35-10-9-11-37(20-35)65-24-40(60)54-45(50(6,7)8)48(64)57-23-36(59)21-39(57)47(63)52-27(2)31-12-18-34(19-13-31)44-28(3)51-25-66-44/h9-20,25,27,36,38-39,45,59H,21-24H2,1-8H3,(H,52,63)(H,54,60)(H,61,62)/t27-,36+,38-,39-,45+/m0/s1. The number of thiophene rings is 1. The first-order valence-corrected chi connectivity index (χ1v) is 23.8. The second kappa shape index (κ2) is 19.0. The van der Waals surface area contributed by atoms with Gasteiger partial charge in [-0.3, -0.25) is 28.7 Å². The van der Waals surface area contributed by atoms with Crippen molar-refractivity contribution in [3.8, 4) is 32.3 Å². The van der Waals surface area contributed by atoms with Crippen LogP contribution in [0.5, 0.6) is 5.75 Å². The summed E-state index contributed by atoms with van der Waals surface area (Å²) in [6, 6.07) is 20.0. The Bertz CT molecular complexity index is 2880. The number of aromatic nitrogens is 4. The highest BCUT2D eigenvalue weighted by molar-refractivity contribution is 7.15. The molecule has 0 bridgehead atoms. The molecule has 2 aliphatic heterocycles. The third-order valence-corrected chi connectivity index (χ3v) is 14.5. The van der Waals surface area contributed by atoms with Gasteiger partial charge < -0.3 is 30.5 Å². The molecule has 6 aromatic rings. The van der Waals surface area contributed by atoms with Gasteiger partial charge in [-0.15, -0.1) is 32.9 Å². The van der Waals surface area contributed by atoms with Gasteiger partial charge in [0.05, 0.1) is 40.4 Å². The molecule has 5 heterocycles. The van der Waals surface area contributed by atoms with E-state index in [1.54, 1.807) is 28.7 Å². The highest BCUT2D eigenvalue weighted by Crippen LogP contribution is 2.40. The Morgan fingerprint density at radius 1 is 0.910 bits per heavy atom. The highest BCUT2D eigenvalue weighted by Gasteiger charge is 2.45. The number of thiazole rings is 1. The lowest BCUT2D eigenvalue weighted by Crippen LogP contribution is -2.58. The van der Waals surface area contributed by atoms with Crippen LogP contribution in [0.15, 0.2) is 83.3 Å². The average Bonchev–Trinajstić information content (AvgIpc) is 4.06. The predicted molar refractivity (Wildman–Crippen MR) is 258 cm³/mol. The molecule has 348 valence electrons. The van der Waals surface area contributed by atoms with Crippen LogP contribution in [0.3, 0.4) is 0 Å². The van der Waals surface area contributed by atoms with Crippen molar-refractivity contribution in [2.24, 2.45) is 10.4 Å². The first-order chi connectivity index (χ1) is 31.9. The maximum atomic E-state index is 14.3. The monoisotopic (exact) mass is 942 g/mol. The van der Waals surface area contributed by atoms with Gasteiger partial charge in [0.2, 0.25) is 11.8 Å². The van der Waals surface area contributed by atoms with Crippen molar-refractivity contribution in [1.82, 2.24) is 35.3 Å². The summed E-state index contributed by atoms with van der Waals surface area (Å²) in [7, 11) is 0. The molecule has 3 aromatic carbocycles. The largest absolute Gasteiger partial charge is 0.484 e. The lowest BCUT2D eigenvalue weighted by molar-refractivity contribution is -0.144. The normalized spacial score (nSPS) is 17.7. The van der Waals surface area contributed by atoms with Crippen LogP contribution in [0.1, 0.15) is 97.1 Å². The van der Waals surface area contributed by atoms with Crippen molar-refractivity contribution >= 4 is 52.1 Å². The van der Waals surface area contributed by atoms with Crippen molar-refractivity contribution in [3.63, 3.8) is 0 Å². The second-order valence-electron chi connectivity index (χ2n) is 18.3. The van der Waals surface area contributed by atoms with Crippen LogP contribution in [0, 0.1) is 33.1 Å². The number of amides is 3. The summed E-state index contributed by atoms with van der Waals surface area (Å²) >= 11 is 3.17. The van der Waals surface area contributed by atoms with Crippen LogP contribution in [0.25, 0.3) is 26.6 Å². The number of aliphatic hydroxyl groups is 1. The van der Waals surface area contributed by atoms with Gasteiger partial charge in [0.25, 0.3) is 5.91 Å². The number of hydrogen-bond acceptors (Lipinski definition) is 12. The molecular formula is C50H54N8O7S2. The van der Waals surface area contributed by atoms with E-state index >= 15 is 0 Å². The van der Waals surface area contributed by atoms with E-state index in [1.165, 1.54) is 4.90 Å². The Morgan fingerprint density at radius 2 is 1.61 bits per heavy atom. The van der Waals surface area contributed by atoms with Gasteiger partial charge in [0.1, 0.15) is 34.7 Å². The number of β-amino-alcohol motifs (C(OH)–C–C–N with tert-alkyl or cyclic N) is 1. The van der Waals surface area contributed by atoms with Crippen LogP contribution in [-0.2, 0) is 19.2 Å². The third kappa shape index (κ3) is 9.80. The molecule has 1 saturated heterocycles. The molecular weight excluding hydrogens is 889 g/mol. The topological polar surface area (TPSA) is 201 Å². The van der Waals surface area contributed by atoms with E-state index in [0.717, 1.165) is 59.4 Å². The molecule has 0 aliphatic carbocycles. The number of hydrogen-bond donors (Lipinski definition) is 4. The van der Waals surface area contributed by atoms with Crippen LogP contribution in [-0.4, -0.2) is 95.6 Å². The zero-order chi connectivity index (χ0) is 47.9. The number of carboxylic acids is 1. The molecule has 67 heavy (non-hydrogen) atoms. The zero-order valence-corrected chi connectivity index (χ0v) is 40.3. The quantitative estimate of drug-likeness (QED) is 0.0900. The van der Waals surface area contributed by atoms with Crippen molar-refractivity contribution in [1.29, 1.82) is 0 Å². The first kappa shape index (κ1) is 47.0. The number of aliphatic hydroxyl groups excluding tert-OH is 1. The molecule has 0 unspecified atom stereocenters. The van der Waals surface area contributed by atoms with Crippen LogP contribution >= 0.6 is 22.7 Å². The molecule has 1 fully saturated rings. The van der Waals surface area contributed by atoms with Crippen molar-refractivity contribution in [3.05, 3.63) is 123 Å². The van der Waals surface area contributed by atoms with E-state index in [1.807, 2.05) is 125 Å². The maximum Gasteiger partial charge on any atom is 0.306 e. The number of aliphatic imine (C=N–C) groups is 1. The van der Waals surface area contributed by atoms with Gasteiger partial charge in [0, 0.05) is 29.0 Å². The number of carbonyl (C=O) groups is 4. The Morgan fingerprint density at radius 3 is 2.28 bits per heavy atom. The molecule has 17 heteroatoms. The van der Waals surface area contributed by atoms with E-state index in [4.69, 9.17) is 9.73 Å². The highest BCUT2D eigenvalue weighted by atomic mass is 32.1. The van der Waals surface area contributed by atoms with E-state index in [9.17, 15) is 29.4 Å². The van der Waals surface area contributed by atoms with Crippen LogP contribution in [0.4, 0.5) is 0 Å². The lowest BCUT2D eigenvalue weighted by atomic mass is 9.85. The summed E-state index contributed by atoms with van der Waals surface area (Å²) < 4.78 is 7.91. The van der Waals surface area contributed by atoms with E-state index in [-0.39, 0.29) is 37.9 Å². The summed E-state index contributed by atoms with van der Waals surface area (Å²) in [5.74, 6) is -0.771. The van der Waals surface area contributed by atoms with Gasteiger partial charge in [-0.25, -0.2) is 4.98 Å². The maximum absolute atomic E-state index is 14.3. The third-order valence-electron chi connectivity index (χ3n) is 12.4. The molecule has 3 aromatic heterocycles. The number of benzene rings is 3. The Labute approximate surface area is 397 Å². The van der Waals surface area contributed by atoms with Crippen molar-refractivity contribution in [2.45, 2.75) is 98.5 Å². The number of likely N-dealkylation sites (tertiary alicyclic amines) is 1. The predicted octanol–water partition coefficient (Wildman–Crippen LogP) is 7.47. The Balaban J connectivity index is 0.927. The fourth-order valence-electron chi connectivity index (χ4n) is 8.64. The Hall–Kier alpha value is -6.56. The van der Waals surface area contributed by atoms with Crippen molar-refractivity contribution in [2.75, 3.05) is 13.2 Å². The van der Waals surface area contributed by atoms with E-state index in [0.29, 0.717) is 23.1 Å². The number of nitrogens with one attached hydrogen (secondary N) is 2. The summed E-state index contributed by atoms with van der Waals surface area (Å²) in [5, 5.41) is 36.0. The fraction of sp³-hybridized carbons (Fsp3) is 0.360. The molecule has 0 spiro atoms. The minimum atomic E-state index is -1.02. The number of aliphatic carboxylic acids is 1. The van der Waals surface area contributed by atoms with Gasteiger partial charge in [-0.2, -0.15) is 0 Å². The van der Waals surface area contributed by atoms with Gasteiger partial charge >= 0.3 is 5.97 Å². The molecule has 0 saturated carbocycles. The molecule has 3 amide bonds. The molecule has 15 nitrogen and oxygen atoms in total. The zero-order valence-electron chi connectivity index (χ0n) is 38.7. The summed E-state index contributed by atoms with van der Waals surface area (Å²) in [4.78, 5) is 66.5. The minimum Gasteiger partial charge on any atom is -0.484 e. The molecule has 0 radical (unpaired) electrons. The lowest BCUT2D eigenvalue weighted by Gasteiger charge is -2.35. The smallest absolute Gasteiger partial charge is 0.306 e.